The summed E-state index contributed by atoms with van der Waals surface area (Å²) in [5, 5.41) is 25.5. The van der Waals surface area contributed by atoms with Gasteiger partial charge < -0.3 is 44.1 Å². The van der Waals surface area contributed by atoms with Gasteiger partial charge in [-0.05, 0) is 32.1 Å². The van der Waals surface area contributed by atoms with Crippen LogP contribution in [0, 0.1) is 30.6 Å². The lowest BCUT2D eigenvalue weighted by Crippen LogP contribution is -2.46. The highest BCUT2D eigenvalue weighted by Gasteiger charge is 2.53. The minimum Gasteiger partial charge on any atom is -0.462 e. The number of aliphatic hydroxyl groups excluding tert-OH is 2. The van der Waals surface area contributed by atoms with E-state index >= 15 is 0 Å². The monoisotopic (exact) mass is 842 g/mol. The molecule has 2 aromatic carbocycles. The van der Waals surface area contributed by atoms with Crippen molar-refractivity contribution in [2.45, 2.75) is 85.6 Å². The van der Waals surface area contributed by atoms with Crippen LogP contribution in [0.25, 0.3) is 0 Å². The Labute approximate surface area is 355 Å². The van der Waals surface area contributed by atoms with Crippen molar-refractivity contribution in [1.29, 1.82) is 0 Å². The second-order valence-electron chi connectivity index (χ2n) is 16.1. The average molecular weight is 843 g/mol. The van der Waals surface area contributed by atoms with Gasteiger partial charge in [-0.1, -0.05) is 64.1 Å². The molecule has 3 aliphatic heterocycles. The molecule has 0 saturated carbocycles. The summed E-state index contributed by atoms with van der Waals surface area (Å²) < 4.78 is 29.6. The van der Waals surface area contributed by atoms with Crippen LogP contribution >= 0.6 is 0 Å². The number of ketones is 3. The molecule has 0 unspecified atom stereocenters. The van der Waals surface area contributed by atoms with Gasteiger partial charge in [0.25, 0.3) is 11.7 Å². The molecule has 5 bridgehead atoms. The highest BCUT2D eigenvalue weighted by molar-refractivity contribution is 6.32. The van der Waals surface area contributed by atoms with Gasteiger partial charge in [0.2, 0.25) is 11.6 Å². The van der Waals surface area contributed by atoms with Gasteiger partial charge in [-0.2, -0.15) is 0 Å². The smallest absolute Gasteiger partial charge is 0.343 e. The molecule has 3 heterocycles. The van der Waals surface area contributed by atoms with Crippen molar-refractivity contribution in [2.75, 3.05) is 21.2 Å². The van der Waals surface area contributed by atoms with Gasteiger partial charge in [0.15, 0.2) is 0 Å². The van der Waals surface area contributed by atoms with Crippen molar-refractivity contribution in [3.8, 4) is 11.5 Å². The molecule has 3 N–H and O–H groups in total. The van der Waals surface area contributed by atoms with Gasteiger partial charge in [-0.25, -0.2) is 4.79 Å². The van der Waals surface area contributed by atoms with Crippen LogP contribution in [0.5, 0.6) is 11.5 Å². The molecule has 326 valence electrons. The van der Waals surface area contributed by atoms with E-state index in [1.54, 1.807) is 58.0 Å². The van der Waals surface area contributed by atoms with E-state index in [0.29, 0.717) is 0 Å². The lowest BCUT2D eigenvalue weighted by atomic mass is 9.78. The second-order valence-corrected chi connectivity index (χ2v) is 16.1. The number of hydrogen-bond acceptors (Lipinski definition) is 14. The van der Waals surface area contributed by atoms with E-state index in [9.17, 15) is 39.0 Å². The van der Waals surface area contributed by atoms with Gasteiger partial charge in [-0.3, -0.25) is 24.0 Å². The molecule has 15 nitrogen and oxygen atoms in total. The van der Waals surface area contributed by atoms with Gasteiger partial charge in [0.05, 0.1) is 46.8 Å². The highest BCUT2D eigenvalue weighted by Crippen LogP contribution is 2.49. The number of hydrogen-bond donors (Lipinski definition) is 3. The van der Waals surface area contributed by atoms with E-state index in [1.807, 2.05) is 0 Å². The topological polar surface area (TPSA) is 204 Å². The molecule has 0 fully saturated rings. The minimum absolute atomic E-state index is 0.0280. The molecular weight excluding hydrogens is 789 g/mol. The summed E-state index contributed by atoms with van der Waals surface area (Å²) in [5.74, 6) is -10.1. The Morgan fingerprint density at radius 1 is 0.869 bits per heavy atom. The molecule has 4 aliphatic rings. The molecule has 61 heavy (non-hydrogen) atoms. The largest absolute Gasteiger partial charge is 0.462 e. The first-order chi connectivity index (χ1) is 28.7. The number of rotatable bonds is 5. The van der Waals surface area contributed by atoms with E-state index in [-0.39, 0.29) is 39.5 Å². The van der Waals surface area contributed by atoms with Crippen LogP contribution in [-0.2, 0) is 23.8 Å². The predicted molar refractivity (Wildman–Crippen MR) is 222 cm³/mol. The summed E-state index contributed by atoms with van der Waals surface area (Å²) in [6.45, 7) is 12.3. The number of nitrogens with zero attached hydrogens (tertiary/aromatic N) is 1. The summed E-state index contributed by atoms with van der Waals surface area (Å²) in [4.78, 5) is 85.2. The van der Waals surface area contributed by atoms with Crippen LogP contribution in [0.2, 0.25) is 0 Å². The molecule has 9 atom stereocenters. The summed E-state index contributed by atoms with van der Waals surface area (Å²) in [6.07, 6.45) is 3.28. The molecule has 15 heteroatoms. The predicted octanol–water partition coefficient (Wildman–Crippen LogP) is 5.03. The third-order valence-corrected chi connectivity index (χ3v) is 11.6. The summed E-state index contributed by atoms with van der Waals surface area (Å²) in [7, 11) is 4.40. The number of Topliss-reactive ketones (excluding diaryl/α,β-unsaturated/α-hetero) is 3. The van der Waals surface area contributed by atoms with Crippen molar-refractivity contribution in [1.82, 2.24) is 10.2 Å². The third kappa shape index (κ3) is 8.95. The molecular formula is C46H54N2O13. The van der Waals surface area contributed by atoms with Crippen molar-refractivity contribution < 1.29 is 62.7 Å². The number of esters is 2. The zero-order valence-corrected chi connectivity index (χ0v) is 36.2. The number of benzene rings is 2. The second kappa shape index (κ2) is 18.4. The summed E-state index contributed by atoms with van der Waals surface area (Å²) in [5.41, 5.74) is -1.54. The van der Waals surface area contributed by atoms with Crippen molar-refractivity contribution in [3.05, 3.63) is 106 Å². The fourth-order valence-corrected chi connectivity index (χ4v) is 7.94. The number of carbonyl (C=O) groups excluding carboxylic acids is 6. The third-order valence-electron chi connectivity index (χ3n) is 11.6. The lowest BCUT2D eigenvalue weighted by Gasteiger charge is -2.38. The maximum absolute atomic E-state index is 14.8. The number of likely N-dealkylation sites (N-methyl/N-ethyl adjacent to an activating group) is 1. The maximum atomic E-state index is 14.8. The standard InChI is InChI=1S/C46H54N2O13/c1-22-16-15-17-23(2)44(55)47-34-35(48(9)10)39(53)31-32(38(34)52)41(60-45(56)29-18-13-12-14-19-29)27(6)42-33(31)43(54)46(8,61-42)58-21-20-30(57-11)24(3)40(59-28(7)49)26(5)37(51)25(4)36(22)50/h12-22,24-26,30,36-37,40,50-51H,1-11H3,(H,47,55)/t22-,24+,25+,26-,30-,36-,37-,40+,46-/m0/s1. The van der Waals surface area contributed by atoms with E-state index in [2.05, 4.69) is 5.32 Å². The van der Waals surface area contributed by atoms with Crippen molar-refractivity contribution in [3.63, 3.8) is 0 Å². The Kier molecular flexibility index (Phi) is 13.9. The first-order valence-corrected chi connectivity index (χ1v) is 20.0. The minimum atomic E-state index is -2.13. The van der Waals surface area contributed by atoms with Gasteiger partial charge in [-0.15, -0.1) is 0 Å². The van der Waals surface area contributed by atoms with E-state index in [4.69, 9.17) is 23.7 Å². The van der Waals surface area contributed by atoms with Crippen LogP contribution in [-0.4, -0.2) is 102 Å². The Morgan fingerprint density at radius 3 is 2.13 bits per heavy atom. The number of aliphatic hydroxyl groups is 2. The van der Waals surface area contributed by atoms with Gasteiger partial charge in [0.1, 0.15) is 29.0 Å². The number of ether oxygens (including phenoxy) is 5. The Hall–Kier alpha value is -5.90. The van der Waals surface area contributed by atoms with Crippen molar-refractivity contribution >= 4 is 35.2 Å². The van der Waals surface area contributed by atoms with E-state index in [0.717, 1.165) is 0 Å². The molecule has 1 amide bonds. The first-order valence-electron chi connectivity index (χ1n) is 20.0. The van der Waals surface area contributed by atoms with Gasteiger partial charge in [0, 0.05) is 69.9 Å². The number of amides is 1. The van der Waals surface area contributed by atoms with Crippen LogP contribution in [0.1, 0.15) is 95.5 Å². The highest BCUT2D eigenvalue weighted by atomic mass is 16.7. The zero-order valence-electron chi connectivity index (χ0n) is 36.2. The van der Waals surface area contributed by atoms with E-state index < -0.39 is 106 Å². The fraction of sp³-hybridized carbons (Fsp3) is 0.435. The van der Waals surface area contributed by atoms with E-state index in [1.165, 1.54) is 84.3 Å². The number of nitrogens with one attached hydrogen (secondary N) is 1. The van der Waals surface area contributed by atoms with Crippen LogP contribution in [0.15, 0.2) is 77.9 Å². The number of allylic oxidation sites excluding steroid dienone is 4. The Bertz CT molecular complexity index is 2240. The van der Waals surface area contributed by atoms with Gasteiger partial charge >= 0.3 is 17.7 Å². The Balaban J connectivity index is 1.72. The summed E-state index contributed by atoms with van der Waals surface area (Å²) >= 11 is 0. The lowest BCUT2D eigenvalue weighted by molar-refractivity contribution is -0.160. The number of fused-ring (bicyclic) bond motifs is 14. The molecule has 0 aromatic heterocycles. The number of methoxy groups -OCH3 is 1. The SMILES string of the molecule is CO[C@H]1C=CO[C@@]2(C)Oc3c(C)c(OC(=O)c4ccccc4)c4c(c3C2=O)C(=O)C(N(C)C)=C(NC(=O)C(C)=CC=C[C@H](C)[C@H](O)[C@@H](C)[C@H](O)[C@H](C)[C@H](OC(C)=O)[C@@H]1C)C4=O. The average Bonchev–Trinajstić information content (AvgIpc) is 3.48. The molecule has 6 rings (SSSR count). The maximum Gasteiger partial charge on any atom is 0.343 e. The quantitative estimate of drug-likeness (QED) is 0.267. The first kappa shape index (κ1) is 46.2. The van der Waals surface area contributed by atoms with Crippen LogP contribution in [0.3, 0.4) is 0 Å². The number of carbonyl (C=O) groups is 6. The summed E-state index contributed by atoms with van der Waals surface area (Å²) in [6, 6.07) is 7.93. The van der Waals surface area contributed by atoms with Crippen LogP contribution < -0.4 is 14.8 Å². The molecule has 0 saturated heterocycles. The fourth-order valence-electron chi connectivity index (χ4n) is 7.94. The normalized spacial score (nSPS) is 28.4. The molecule has 0 spiro atoms. The molecule has 0 radical (unpaired) electrons. The van der Waals surface area contributed by atoms with Crippen LogP contribution in [0.4, 0.5) is 0 Å². The van der Waals surface area contributed by atoms with Crippen molar-refractivity contribution in [2.24, 2.45) is 23.7 Å². The molecule has 2 aromatic rings. The molecule has 1 aliphatic carbocycles. The zero-order chi connectivity index (χ0) is 45.2. The Morgan fingerprint density at radius 2 is 1.52 bits per heavy atom.